The van der Waals surface area contributed by atoms with E-state index in [-0.39, 0.29) is 16.8 Å². The molecule has 110 valence electrons. The SMILES string of the molecule is C=Cc1ccc(-c2cc(OC)ccc2F)nc1C(F)(F)F. The van der Waals surface area contributed by atoms with Crippen LogP contribution in [0.15, 0.2) is 36.9 Å². The molecule has 0 amide bonds. The number of methoxy groups -OCH3 is 1. The molecule has 0 spiro atoms. The Kier molecular flexibility index (Phi) is 3.97. The van der Waals surface area contributed by atoms with E-state index in [1.807, 2.05) is 0 Å². The van der Waals surface area contributed by atoms with Gasteiger partial charge in [0.05, 0.1) is 12.8 Å². The second kappa shape index (κ2) is 5.55. The van der Waals surface area contributed by atoms with Crippen molar-refractivity contribution < 1.29 is 22.3 Å². The standard InChI is InChI=1S/C15H11F4NO/c1-3-9-4-7-13(20-14(9)15(17,18)19)11-8-10(21-2)5-6-12(11)16/h3-8H,1H2,2H3. The fraction of sp³-hybridized carbons (Fsp3) is 0.133. The molecule has 2 aromatic rings. The van der Waals surface area contributed by atoms with E-state index in [0.29, 0.717) is 5.75 Å². The highest BCUT2D eigenvalue weighted by Crippen LogP contribution is 2.34. The van der Waals surface area contributed by atoms with Gasteiger partial charge < -0.3 is 4.74 Å². The Bertz CT molecular complexity index is 680. The lowest BCUT2D eigenvalue weighted by atomic mass is 10.1. The number of alkyl halides is 3. The van der Waals surface area contributed by atoms with E-state index >= 15 is 0 Å². The van der Waals surface area contributed by atoms with E-state index in [4.69, 9.17) is 4.74 Å². The van der Waals surface area contributed by atoms with Crippen LogP contribution in [-0.2, 0) is 6.18 Å². The normalized spacial score (nSPS) is 11.3. The molecule has 2 nitrogen and oxygen atoms in total. The van der Waals surface area contributed by atoms with Crippen molar-refractivity contribution in [3.8, 4) is 17.0 Å². The minimum atomic E-state index is -4.64. The van der Waals surface area contributed by atoms with Gasteiger partial charge in [0, 0.05) is 11.1 Å². The lowest BCUT2D eigenvalue weighted by Crippen LogP contribution is -2.11. The van der Waals surface area contributed by atoms with Gasteiger partial charge in [-0.05, 0) is 24.3 Å². The number of hydrogen-bond donors (Lipinski definition) is 0. The average Bonchev–Trinajstić information content (AvgIpc) is 2.46. The molecular formula is C15H11F4NO. The number of ether oxygens (including phenoxy) is 1. The van der Waals surface area contributed by atoms with Crippen molar-refractivity contribution in [2.75, 3.05) is 7.11 Å². The summed E-state index contributed by atoms with van der Waals surface area (Å²) >= 11 is 0. The molecule has 6 heteroatoms. The number of pyridine rings is 1. The van der Waals surface area contributed by atoms with Crippen LogP contribution in [0.4, 0.5) is 17.6 Å². The molecule has 0 fully saturated rings. The third kappa shape index (κ3) is 3.04. The van der Waals surface area contributed by atoms with Gasteiger partial charge in [-0.2, -0.15) is 13.2 Å². The summed E-state index contributed by atoms with van der Waals surface area (Å²) in [6.45, 7) is 3.32. The molecule has 21 heavy (non-hydrogen) atoms. The Balaban J connectivity index is 2.63. The fourth-order valence-corrected chi connectivity index (χ4v) is 1.84. The molecule has 0 unspecified atom stereocenters. The number of halogens is 4. The Labute approximate surface area is 118 Å². The van der Waals surface area contributed by atoms with Gasteiger partial charge in [-0.1, -0.05) is 18.7 Å². The van der Waals surface area contributed by atoms with Gasteiger partial charge in [-0.3, -0.25) is 0 Å². The van der Waals surface area contributed by atoms with Crippen molar-refractivity contribution in [3.05, 3.63) is 54.0 Å². The van der Waals surface area contributed by atoms with Crippen LogP contribution in [0.5, 0.6) is 5.75 Å². The molecule has 2 rings (SSSR count). The van der Waals surface area contributed by atoms with Crippen molar-refractivity contribution >= 4 is 6.08 Å². The van der Waals surface area contributed by atoms with Crippen LogP contribution < -0.4 is 4.74 Å². The van der Waals surface area contributed by atoms with Crippen molar-refractivity contribution in [3.63, 3.8) is 0 Å². The first-order valence-electron chi connectivity index (χ1n) is 5.91. The van der Waals surface area contributed by atoms with E-state index in [0.717, 1.165) is 12.1 Å². The summed E-state index contributed by atoms with van der Waals surface area (Å²) in [5.41, 5.74) is -1.44. The molecule has 0 aliphatic rings. The van der Waals surface area contributed by atoms with Gasteiger partial charge in [-0.25, -0.2) is 9.37 Å². The molecule has 0 bridgehead atoms. The zero-order valence-electron chi connectivity index (χ0n) is 11.0. The van der Waals surface area contributed by atoms with Crippen LogP contribution in [-0.4, -0.2) is 12.1 Å². The lowest BCUT2D eigenvalue weighted by molar-refractivity contribution is -0.141. The van der Waals surface area contributed by atoms with E-state index in [1.165, 1.54) is 31.4 Å². The first kappa shape index (κ1) is 15.0. The smallest absolute Gasteiger partial charge is 0.433 e. The molecule has 0 saturated heterocycles. The molecular weight excluding hydrogens is 286 g/mol. The Hall–Kier alpha value is -2.37. The Morgan fingerprint density at radius 1 is 1.19 bits per heavy atom. The van der Waals surface area contributed by atoms with E-state index in [9.17, 15) is 17.6 Å². The minimum absolute atomic E-state index is 0.0598. The monoisotopic (exact) mass is 297 g/mol. The molecule has 1 heterocycles. The van der Waals surface area contributed by atoms with Crippen LogP contribution in [0.2, 0.25) is 0 Å². The van der Waals surface area contributed by atoms with Crippen molar-refractivity contribution in [1.82, 2.24) is 4.98 Å². The topological polar surface area (TPSA) is 22.1 Å². The average molecular weight is 297 g/mol. The highest BCUT2D eigenvalue weighted by molar-refractivity contribution is 5.64. The maximum Gasteiger partial charge on any atom is 0.433 e. The maximum absolute atomic E-state index is 13.8. The van der Waals surface area contributed by atoms with E-state index < -0.39 is 17.7 Å². The molecule has 0 N–H and O–H groups in total. The third-order valence-electron chi connectivity index (χ3n) is 2.86. The highest BCUT2D eigenvalue weighted by Gasteiger charge is 2.35. The summed E-state index contributed by atoms with van der Waals surface area (Å²) in [4.78, 5) is 3.53. The van der Waals surface area contributed by atoms with Crippen LogP contribution in [0.3, 0.4) is 0 Å². The number of nitrogens with zero attached hydrogens (tertiary/aromatic N) is 1. The van der Waals surface area contributed by atoms with E-state index in [2.05, 4.69) is 11.6 Å². The Morgan fingerprint density at radius 2 is 1.90 bits per heavy atom. The number of aromatic nitrogens is 1. The minimum Gasteiger partial charge on any atom is -0.497 e. The molecule has 1 aromatic carbocycles. The zero-order chi connectivity index (χ0) is 15.6. The third-order valence-corrected chi connectivity index (χ3v) is 2.86. The van der Waals surface area contributed by atoms with Gasteiger partial charge in [0.25, 0.3) is 0 Å². The molecule has 0 aliphatic carbocycles. The summed E-state index contributed by atoms with van der Waals surface area (Å²) < 4.78 is 57.6. The van der Waals surface area contributed by atoms with Crippen molar-refractivity contribution in [1.29, 1.82) is 0 Å². The second-order valence-electron chi connectivity index (χ2n) is 4.18. The second-order valence-corrected chi connectivity index (χ2v) is 4.18. The summed E-state index contributed by atoms with van der Waals surface area (Å²) in [6, 6.07) is 6.30. The predicted molar refractivity (Wildman–Crippen MR) is 71.3 cm³/mol. The van der Waals surface area contributed by atoms with Crippen molar-refractivity contribution in [2.24, 2.45) is 0 Å². The van der Waals surface area contributed by atoms with Crippen LogP contribution >= 0.6 is 0 Å². The Morgan fingerprint density at radius 3 is 2.48 bits per heavy atom. The van der Waals surface area contributed by atoms with Crippen LogP contribution in [0.1, 0.15) is 11.3 Å². The summed E-state index contributed by atoms with van der Waals surface area (Å²) in [7, 11) is 1.38. The summed E-state index contributed by atoms with van der Waals surface area (Å²) in [5.74, 6) is -0.350. The lowest BCUT2D eigenvalue weighted by Gasteiger charge is -2.12. The fourth-order valence-electron chi connectivity index (χ4n) is 1.84. The first-order chi connectivity index (χ1) is 9.86. The quantitative estimate of drug-likeness (QED) is 0.775. The zero-order valence-corrected chi connectivity index (χ0v) is 11.0. The summed E-state index contributed by atoms with van der Waals surface area (Å²) in [6.07, 6.45) is -3.59. The maximum atomic E-state index is 13.8. The number of rotatable bonds is 3. The van der Waals surface area contributed by atoms with Gasteiger partial charge in [0.1, 0.15) is 11.6 Å². The van der Waals surface area contributed by atoms with E-state index in [1.54, 1.807) is 0 Å². The number of hydrogen-bond acceptors (Lipinski definition) is 2. The van der Waals surface area contributed by atoms with Crippen molar-refractivity contribution in [2.45, 2.75) is 6.18 Å². The summed E-state index contributed by atoms with van der Waals surface area (Å²) in [5, 5.41) is 0. The van der Waals surface area contributed by atoms with Gasteiger partial charge >= 0.3 is 6.18 Å². The molecule has 1 aromatic heterocycles. The molecule has 0 aliphatic heterocycles. The molecule has 0 radical (unpaired) electrons. The van der Waals surface area contributed by atoms with Crippen LogP contribution in [0, 0.1) is 5.82 Å². The first-order valence-corrected chi connectivity index (χ1v) is 5.91. The largest absolute Gasteiger partial charge is 0.497 e. The van der Waals surface area contributed by atoms with Gasteiger partial charge in [-0.15, -0.1) is 0 Å². The van der Waals surface area contributed by atoms with Gasteiger partial charge in [0.15, 0.2) is 5.69 Å². The highest BCUT2D eigenvalue weighted by atomic mass is 19.4. The molecule has 0 atom stereocenters. The number of benzene rings is 1. The van der Waals surface area contributed by atoms with Crippen LogP contribution in [0.25, 0.3) is 17.3 Å². The predicted octanol–water partition coefficient (Wildman–Crippen LogP) is 4.56. The van der Waals surface area contributed by atoms with Gasteiger partial charge in [0.2, 0.25) is 0 Å². The molecule has 0 saturated carbocycles.